The average molecular weight is 382 g/mol. The first-order chi connectivity index (χ1) is 11.8. The quantitative estimate of drug-likeness (QED) is 0.598. The number of nitrogens with one attached hydrogen (secondary N) is 1. The van der Waals surface area contributed by atoms with Gasteiger partial charge >= 0.3 is 40.1 Å². The second-order valence-electron chi connectivity index (χ2n) is 5.37. The molecule has 1 atom stereocenters. The van der Waals surface area contributed by atoms with E-state index in [4.69, 9.17) is 0 Å². The second kappa shape index (κ2) is 10.2. The van der Waals surface area contributed by atoms with Gasteiger partial charge < -0.3 is 15.2 Å². The van der Waals surface area contributed by atoms with Crippen molar-refractivity contribution < 1.29 is 52.7 Å². The number of nitrogens with zero attached hydrogens (tertiary/aromatic N) is 1. The van der Waals surface area contributed by atoms with Crippen LogP contribution in [0.25, 0.3) is 0 Å². The molecule has 2 rings (SSSR count). The molecule has 2 aromatic carbocycles. The van der Waals surface area contributed by atoms with Crippen LogP contribution in [0.2, 0.25) is 0 Å². The van der Waals surface area contributed by atoms with Crippen molar-refractivity contribution in [1.82, 2.24) is 5.32 Å². The van der Waals surface area contributed by atoms with Crippen LogP contribution in [0.5, 0.6) is 0 Å². The van der Waals surface area contributed by atoms with Crippen LogP contribution in [-0.4, -0.2) is 20.3 Å². The molecule has 0 aliphatic carbocycles. The Kier molecular flexibility index (Phi) is 8.67. The second-order valence-corrected chi connectivity index (χ2v) is 5.99. The van der Waals surface area contributed by atoms with Gasteiger partial charge in [-0.1, -0.05) is 29.8 Å². The maximum atomic E-state index is 12.4. The van der Waals surface area contributed by atoms with Gasteiger partial charge in [-0.05, 0) is 36.8 Å². The van der Waals surface area contributed by atoms with Crippen molar-refractivity contribution in [3.8, 4) is 0 Å². The van der Waals surface area contributed by atoms with Gasteiger partial charge in [0, 0.05) is 18.0 Å². The van der Waals surface area contributed by atoms with E-state index in [1.807, 2.05) is 13.0 Å². The molecule has 9 heteroatoms. The summed E-state index contributed by atoms with van der Waals surface area (Å²) >= 11 is 0. The molecule has 1 N–H and O–H groups in total. The molecule has 0 fully saturated rings. The summed E-state index contributed by atoms with van der Waals surface area (Å²) in [5.41, 5.74) is 2.04. The van der Waals surface area contributed by atoms with Gasteiger partial charge in [-0.3, -0.25) is 4.79 Å². The number of amides is 1. The molecule has 0 bridgehead atoms. The normalized spacial score (nSPS) is 11.0. The number of aliphatic carboxylic acids is 1. The Morgan fingerprint density at radius 1 is 1.15 bits per heavy atom. The smallest absolute Gasteiger partial charge is 0.550 e. The number of aryl methyl sites for hydroxylation is 1. The van der Waals surface area contributed by atoms with E-state index in [-0.39, 0.29) is 47.2 Å². The number of rotatable bonds is 6. The molecule has 7 nitrogen and oxygen atoms in total. The van der Waals surface area contributed by atoms with Crippen LogP contribution in [0, 0.1) is 6.92 Å². The minimum atomic E-state index is -2.57. The molecule has 2 aromatic rings. The summed E-state index contributed by atoms with van der Waals surface area (Å²) in [6.07, 6.45) is -0.363. The number of hydrogen-bond acceptors (Lipinski definition) is 6. The fourth-order valence-electron chi connectivity index (χ4n) is 2.31. The Bertz CT molecular complexity index is 918. The first-order valence-corrected chi connectivity index (χ1v) is 8.37. The standard InChI is InChI=1S/C17H16N2O5S.Na/c1-11-3-2-4-13(9-11)15(10-16(20)21)18-17(22)12-5-7-14(8-6-12)19-25(23)24;/h2-9,15H,10H2,1H3,(H,18,22)(H,20,21);/q;+1/p-1. The summed E-state index contributed by atoms with van der Waals surface area (Å²) in [5.74, 6) is -1.76. The van der Waals surface area contributed by atoms with E-state index >= 15 is 0 Å². The zero-order valence-electron chi connectivity index (χ0n) is 14.3. The molecule has 1 amide bonds. The largest absolute Gasteiger partial charge is 1.00 e. The van der Waals surface area contributed by atoms with Gasteiger partial charge in [0.15, 0.2) is 0 Å². The van der Waals surface area contributed by atoms with Crippen LogP contribution in [0.4, 0.5) is 5.69 Å². The number of carboxylic acid groups (broad SMARTS) is 1. The summed E-state index contributed by atoms with van der Waals surface area (Å²) in [6, 6.07) is 12.0. The minimum Gasteiger partial charge on any atom is -0.550 e. The Hall–Kier alpha value is -2.00. The summed E-state index contributed by atoms with van der Waals surface area (Å²) in [6.45, 7) is 1.86. The molecular weight excluding hydrogens is 367 g/mol. The summed E-state index contributed by atoms with van der Waals surface area (Å²) in [7, 11) is -2.57. The van der Waals surface area contributed by atoms with Gasteiger partial charge in [-0.25, -0.2) is 0 Å². The monoisotopic (exact) mass is 382 g/mol. The summed E-state index contributed by atoms with van der Waals surface area (Å²) in [5, 5.41) is 13.7. The van der Waals surface area contributed by atoms with E-state index in [1.54, 1.807) is 18.2 Å². The fourth-order valence-corrected chi connectivity index (χ4v) is 2.60. The Labute approximate surface area is 174 Å². The maximum absolute atomic E-state index is 12.4. The summed E-state index contributed by atoms with van der Waals surface area (Å²) in [4.78, 5) is 23.4. The van der Waals surface area contributed by atoms with E-state index < -0.39 is 28.4 Å². The molecule has 0 saturated carbocycles. The van der Waals surface area contributed by atoms with Crippen molar-refractivity contribution in [3.05, 3.63) is 65.2 Å². The third-order valence-electron chi connectivity index (χ3n) is 3.43. The molecule has 0 radical (unpaired) electrons. The van der Waals surface area contributed by atoms with E-state index in [2.05, 4.69) is 9.68 Å². The van der Waals surface area contributed by atoms with Crippen LogP contribution in [-0.2, 0) is 15.3 Å². The molecule has 0 aliphatic heterocycles. The zero-order chi connectivity index (χ0) is 18.4. The predicted molar refractivity (Wildman–Crippen MR) is 88.5 cm³/mol. The fraction of sp³-hybridized carbons (Fsp3) is 0.176. The summed E-state index contributed by atoms with van der Waals surface area (Å²) < 4.78 is 24.3. The third-order valence-corrected chi connectivity index (χ3v) is 3.79. The van der Waals surface area contributed by atoms with E-state index in [0.29, 0.717) is 5.56 Å². The van der Waals surface area contributed by atoms with Crippen molar-refractivity contribution in [3.63, 3.8) is 0 Å². The van der Waals surface area contributed by atoms with Crippen LogP contribution in [0.1, 0.15) is 33.9 Å². The van der Waals surface area contributed by atoms with Crippen LogP contribution in [0.3, 0.4) is 0 Å². The molecular formula is C17H15N2NaO5S. The molecule has 1 unspecified atom stereocenters. The van der Waals surface area contributed by atoms with Crippen LogP contribution >= 0.6 is 0 Å². The Balaban J connectivity index is 0.00000338. The van der Waals surface area contributed by atoms with Crippen molar-refractivity contribution in [2.45, 2.75) is 19.4 Å². The van der Waals surface area contributed by atoms with Crippen molar-refractivity contribution in [2.75, 3.05) is 0 Å². The zero-order valence-corrected chi connectivity index (χ0v) is 17.1. The van der Waals surface area contributed by atoms with Crippen LogP contribution in [0.15, 0.2) is 52.9 Å². The molecule has 130 valence electrons. The minimum absolute atomic E-state index is 0. The van der Waals surface area contributed by atoms with Gasteiger partial charge in [-0.15, -0.1) is 4.36 Å². The molecule has 26 heavy (non-hydrogen) atoms. The van der Waals surface area contributed by atoms with Gasteiger partial charge in [-0.2, -0.15) is 8.42 Å². The number of carbonyl (C=O) groups is 2. The SMILES string of the molecule is Cc1cccc(C(CC(=O)[O-])NC(=O)c2ccc(N=S(=O)=O)cc2)c1.[Na+]. The van der Waals surface area contributed by atoms with E-state index in [1.165, 1.54) is 24.3 Å². The topological polar surface area (TPSA) is 116 Å². The third kappa shape index (κ3) is 6.72. The average Bonchev–Trinajstić information content (AvgIpc) is 2.54. The van der Waals surface area contributed by atoms with Gasteiger partial charge in [0.05, 0.1) is 11.7 Å². The molecule has 0 aliphatic rings. The van der Waals surface area contributed by atoms with E-state index in [9.17, 15) is 23.1 Å². The van der Waals surface area contributed by atoms with Gasteiger partial charge in [0.2, 0.25) is 0 Å². The Morgan fingerprint density at radius 2 is 1.81 bits per heavy atom. The number of carbonyl (C=O) groups excluding carboxylic acids is 2. The first-order valence-electron chi connectivity index (χ1n) is 7.33. The molecule has 0 heterocycles. The predicted octanol–water partition coefficient (Wildman–Crippen LogP) is -1.70. The van der Waals surface area contributed by atoms with Gasteiger partial charge in [0.1, 0.15) is 0 Å². The Morgan fingerprint density at radius 3 is 2.35 bits per heavy atom. The van der Waals surface area contributed by atoms with Gasteiger partial charge in [0.25, 0.3) is 5.91 Å². The molecule has 0 aromatic heterocycles. The first kappa shape index (κ1) is 22.0. The van der Waals surface area contributed by atoms with E-state index in [0.717, 1.165) is 5.56 Å². The van der Waals surface area contributed by atoms with Crippen molar-refractivity contribution >= 4 is 28.1 Å². The van der Waals surface area contributed by atoms with Crippen LogP contribution < -0.4 is 40.0 Å². The van der Waals surface area contributed by atoms with Crippen molar-refractivity contribution in [1.29, 1.82) is 0 Å². The number of hydrogen-bond donors (Lipinski definition) is 1. The molecule has 0 saturated heterocycles. The maximum Gasteiger partial charge on any atom is 1.00 e. The van der Waals surface area contributed by atoms with Crippen molar-refractivity contribution in [2.24, 2.45) is 4.36 Å². The molecule has 0 spiro atoms. The number of benzene rings is 2. The number of carboxylic acids is 1.